The van der Waals surface area contributed by atoms with Crippen LogP contribution in [0, 0.1) is 0 Å². The SMILES string of the molecule is CCCCCCCCCC(NCC)C1SCCSC1CC. The monoisotopic (exact) mass is 331 g/mol. The molecule has 1 saturated heterocycles. The molecule has 1 aliphatic rings. The summed E-state index contributed by atoms with van der Waals surface area (Å²) < 4.78 is 0. The fourth-order valence-corrected chi connectivity index (χ4v) is 6.58. The Morgan fingerprint density at radius 1 is 0.905 bits per heavy atom. The molecule has 3 unspecified atom stereocenters. The number of rotatable bonds is 12. The Bertz CT molecular complexity index is 235. The second kappa shape index (κ2) is 13.1. The van der Waals surface area contributed by atoms with Gasteiger partial charge in [-0.1, -0.05) is 65.7 Å². The van der Waals surface area contributed by atoms with Crippen molar-refractivity contribution >= 4 is 23.5 Å². The van der Waals surface area contributed by atoms with Gasteiger partial charge in [-0.3, -0.25) is 0 Å². The van der Waals surface area contributed by atoms with Crippen LogP contribution >= 0.6 is 23.5 Å². The molecule has 0 aliphatic carbocycles. The van der Waals surface area contributed by atoms with E-state index in [4.69, 9.17) is 0 Å². The van der Waals surface area contributed by atoms with Gasteiger partial charge in [0.05, 0.1) is 0 Å². The Hall–Kier alpha value is 0.660. The van der Waals surface area contributed by atoms with Crippen LogP contribution in [0.1, 0.15) is 78.6 Å². The summed E-state index contributed by atoms with van der Waals surface area (Å²) in [6.45, 7) is 8.05. The number of hydrogen-bond acceptors (Lipinski definition) is 3. The van der Waals surface area contributed by atoms with Crippen molar-refractivity contribution < 1.29 is 0 Å². The molecule has 0 aromatic carbocycles. The molecule has 0 spiro atoms. The first kappa shape index (κ1) is 19.7. The van der Waals surface area contributed by atoms with E-state index in [0.29, 0.717) is 0 Å². The Kier molecular flexibility index (Phi) is 12.3. The Labute approximate surface area is 142 Å². The van der Waals surface area contributed by atoms with E-state index in [1.54, 1.807) is 0 Å². The number of nitrogens with one attached hydrogen (secondary N) is 1. The van der Waals surface area contributed by atoms with E-state index in [9.17, 15) is 0 Å². The van der Waals surface area contributed by atoms with Crippen LogP contribution < -0.4 is 5.32 Å². The van der Waals surface area contributed by atoms with Crippen molar-refractivity contribution in [1.82, 2.24) is 5.32 Å². The largest absolute Gasteiger partial charge is 0.313 e. The second-order valence-electron chi connectivity index (χ2n) is 6.23. The smallest absolute Gasteiger partial charge is 0.0320 e. The predicted molar refractivity (Wildman–Crippen MR) is 103 cm³/mol. The molecule has 126 valence electrons. The minimum absolute atomic E-state index is 0.744. The van der Waals surface area contributed by atoms with Gasteiger partial charge in [0.2, 0.25) is 0 Å². The van der Waals surface area contributed by atoms with Crippen molar-refractivity contribution in [2.75, 3.05) is 18.1 Å². The van der Waals surface area contributed by atoms with Crippen LogP contribution in [0.2, 0.25) is 0 Å². The van der Waals surface area contributed by atoms with Gasteiger partial charge in [-0.05, 0) is 19.4 Å². The third-order valence-corrected chi connectivity index (χ3v) is 7.88. The van der Waals surface area contributed by atoms with Crippen LogP contribution in [0.3, 0.4) is 0 Å². The average Bonchev–Trinajstić information content (AvgIpc) is 2.53. The second-order valence-corrected chi connectivity index (χ2v) is 8.86. The average molecular weight is 332 g/mol. The Morgan fingerprint density at radius 2 is 1.57 bits per heavy atom. The molecule has 0 aromatic heterocycles. The topological polar surface area (TPSA) is 12.0 Å². The van der Waals surface area contributed by atoms with Gasteiger partial charge in [-0.25, -0.2) is 0 Å². The maximum atomic E-state index is 3.79. The summed E-state index contributed by atoms with van der Waals surface area (Å²) in [5, 5.41) is 5.51. The molecule has 0 bridgehead atoms. The predicted octanol–water partition coefficient (Wildman–Crippen LogP) is 5.73. The normalized spacial score (nSPS) is 24.1. The van der Waals surface area contributed by atoms with E-state index in [-0.39, 0.29) is 0 Å². The Balaban J connectivity index is 2.25. The van der Waals surface area contributed by atoms with Crippen LogP contribution in [0.15, 0.2) is 0 Å². The number of hydrogen-bond donors (Lipinski definition) is 1. The molecule has 1 N–H and O–H groups in total. The molecule has 1 nitrogen and oxygen atoms in total. The maximum Gasteiger partial charge on any atom is 0.0320 e. The molecule has 1 heterocycles. The maximum absolute atomic E-state index is 3.79. The van der Waals surface area contributed by atoms with Crippen molar-refractivity contribution in [1.29, 1.82) is 0 Å². The summed E-state index contributed by atoms with van der Waals surface area (Å²) in [6.07, 6.45) is 12.7. The quantitative estimate of drug-likeness (QED) is 0.458. The summed E-state index contributed by atoms with van der Waals surface area (Å²) in [4.78, 5) is 0. The lowest BCUT2D eigenvalue weighted by atomic mass is 10.0. The first-order valence-corrected chi connectivity index (χ1v) is 11.4. The van der Waals surface area contributed by atoms with Gasteiger partial charge in [0.15, 0.2) is 0 Å². The number of thioether (sulfide) groups is 2. The summed E-state index contributed by atoms with van der Waals surface area (Å²) >= 11 is 4.45. The first-order chi connectivity index (χ1) is 10.3. The molecule has 21 heavy (non-hydrogen) atoms. The highest BCUT2D eigenvalue weighted by Crippen LogP contribution is 2.36. The standard InChI is InChI=1S/C18H37NS2/c1-4-7-8-9-10-11-12-13-16(19-6-3)18-17(5-2)20-14-15-21-18/h16-19H,4-15H2,1-3H3. The van der Waals surface area contributed by atoms with E-state index < -0.39 is 0 Å². The van der Waals surface area contributed by atoms with Crippen LogP contribution in [-0.4, -0.2) is 34.6 Å². The van der Waals surface area contributed by atoms with Gasteiger partial charge in [0, 0.05) is 28.0 Å². The molecular weight excluding hydrogens is 294 g/mol. The van der Waals surface area contributed by atoms with E-state index in [2.05, 4.69) is 49.6 Å². The third-order valence-electron chi connectivity index (χ3n) is 4.48. The lowest BCUT2D eigenvalue weighted by Gasteiger charge is -2.36. The highest BCUT2D eigenvalue weighted by atomic mass is 32.2. The van der Waals surface area contributed by atoms with Gasteiger partial charge in [-0.2, -0.15) is 23.5 Å². The van der Waals surface area contributed by atoms with Crippen LogP contribution in [0.5, 0.6) is 0 Å². The van der Waals surface area contributed by atoms with E-state index >= 15 is 0 Å². The van der Waals surface area contributed by atoms with Gasteiger partial charge in [0.25, 0.3) is 0 Å². The van der Waals surface area contributed by atoms with Gasteiger partial charge in [0.1, 0.15) is 0 Å². The highest BCUT2D eigenvalue weighted by Gasteiger charge is 2.31. The van der Waals surface area contributed by atoms with E-state index in [1.165, 1.54) is 69.3 Å². The van der Waals surface area contributed by atoms with Crippen molar-refractivity contribution in [3.63, 3.8) is 0 Å². The summed E-state index contributed by atoms with van der Waals surface area (Å²) in [6, 6.07) is 0.744. The van der Waals surface area contributed by atoms with Crippen molar-refractivity contribution in [2.45, 2.75) is 95.1 Å². The zero-order valence-electron chi connectivity index (χ0n) is 14.5. The molecule has 0 radical (unpaired) electrons. The highest BCUT2D eigenvalue weighted by molar-refractivity contribution is 8.07. The van der Waals surface area contributed by atoms with Crippen LogP contribution in [0.4, 0.5) is 0 Å². The van der Waals surface area contributed by atoms with Crippen molar-refractivity contribution in [3.8, 4) is 0 Å². The lowest BCUT2D eigenvalue weighted by Crippen LogP contribution is -2.45. The summed E-state index contributed by atoms with van der Waals surface area (Å²) in [5.74, 6) is 2.71. The van der Waals surface area contributed by atoms with Crippen LogP contribution in [-0.2, 0) is 0 Å². The van der Waals surface area contributed by atoms with Crippen LogP contribution in [0.25, 0.3) is 0 Å². The number of unbranched alkanes of at least 4 members (excludes halogenated alkanes) is 6. The first-order valence-electron chi connectivity index (χ1n) is 9.30. The van der Waals surface area contributed by atoms with Crippen molar-refractivity contribution in [3.05, 3.63) is 0 Å². The summed E-state index contributed by atoms with van der Waals surface area (Å²) in [5.41, 5.74) is 0. The molecule has 1 aliphatic heterocycles. The Morgan fingerprint density at radius 3 is 2.24 bits per heavy atom. The van der Waals surface area contributed by atoms with E-state index in [1.807, 2.05) is 0 Å². The molecule has 1 rings (SSSR count). The molecular formula is C18H37NS2. The lowest BCUT2D eigenvalue weighted by molar-refractivity contribution is 0.439. The fraction of sp³-hybridized carbons (Fsp3) is 1.00. The summed E-state index contributed by atoms with van der Waals surface area (Å²) in [7, 11) is 0. The zero-order chi connectivity index (χ0) is 15.3. The third kappa shape index (κ3) is 8.18. The fourth-order valence-electron chi connectivity index (χ4n) is 3.28. The zero-order valence-corrected chi connectivity index (χ0v) is 16.2. The minimum Gasteiger partial charge on any atom is -0.313 e. The van der Waals surface area contributed by atoms with Crippen molar-refractivity contribution in [2.24, 2.45) is 0 Å². The van der Waals surface area contributed by atoms with Gasteiger partial charge in [-0.15, -0.1) is 0 Å². The molecule has 1 fully saturated rings. The molecule has 3 atom stereocenters. The molecule has 0 saturated carbocycles. The van der Waals surface area contributed by atoms with Gasteiger partial charge < -0.3 is 5.32 Å². The van der Waals surface area contributed by atoms with Gasteiger partial charge >= 0.3 is 0 Å². The molecule has 3 heteroatoms. The molecule has 0 aromatic rings. The van der Waals surface area contributed by atoms with E-state index in [0.717, 1.165) is 23.1 Å². The minimum atomic E-state index is 0.744. The molecule has 0 amide bonds.